The normalized spacial score (nSPS) is 12.9. The Morgan fingerprint density at radius 2 is 1.83 bits per heavy atom. The lowest BCUT2D eigenvalue weighted by molar-refractivity contribution is -0.182. The average molecular weight is 324 g/mol. The van der Waals surface area contributed by atoms with Gasteiger partial charge in [-0.3, -0.25) is 9.59 Å². The van der Waals surface area contributed by atoms with Crippen LogP contribution < -0.4 is 5.32 Å². The second kappa shape index (κ2) is 5.51. The number of carbonyl (C=O) groups is 2. The molecule has 1 aromatic carbocycles. The largest absolute Gasteiger partial charge is 0.407 e. The first-order valence-electron chi connectivity index (χ1n) is 4.86. The summed E-state index contributed by atoms with van der Waals surface area (Å²) in [6.07, 6.45) is -4.89. The third-order valence-electron chi connectivity index (χ3n) is 2.13. The number of benzene rings is 1. The molecule has 0 aliphatic carbocycles. The van der Waals surface area contributed by atoms with Crippen LogP contribution in [-0.4, -0.2) is 17.9 Å². The van der Waals surface area contributed by atoms with Gasteiger partial charge in [0.05, 0.1) is 5.69 Å². The van der Waals surface area contributed by atoms with Crippen LogP contribution in [-0.2, 0) is 9.59 Å². The summed E-state index contributed by atoms with van der Waals surface area (Å²) in [4.78, 5) is 22.4. The summed E-state index contributed by atoms with van der Waals surface area (Å²) in [5, 5.41) is 2.07. The molecule has 1 amide bonds. The van der Waals surface area contributed by atoms with Crippen LogP contribution in [0.3, 0.4) is 0 Å². The molecule has 1 aromatic rings. The van der Waals surface area contributed by atoms with Crippen molar-refractivity contribution in [2.45, 2.75) is 13.1 Å². The van der Waals surface area contributed by atoms with E-state index in [0.29, 0.717) is 4.47 Å². The minimum Gasteiger partial charge on any atom is -0.324 e. The molecule has 1 unspecified atom stereocenters. The van der Waals surface area contributed by atoms with Gasteiger partial charge >= 0.3 is 6.18 Å². The Morgan fingerprint density at radius 1 is 1.28 bits per heavy atom. The van der Waals surface area contributed by atoms with Crippen LogP contribution in [0.25, 0.3) is 0 Å². The van der Waals surface area contributed by atoms with Crippen molar-refractivity contribution in [1.82, 2.24) is 0 Å². The van der Waals surface area contributed by atoms with E-state index in [1.165, 1.54) is 6.07 Å². The number of carbonyl (C=O) groups excluding carboxylic acids is 2. The highest BCUT2D eigenvalue weighted by Gasteiger charge is 2.48. The predicted molar refractivity (Wildman–Crippen MR) is 63.0 cm³/mol. The molecule has 0 spiro atoms. The quantitative estimate of drug-likeness (QED) is 0.868. The molecule has 0 saturated carbocycles. The zero-order valence-corrected chi connectivity index (χ0v) is 10.8. The molecule has 0 bridgehead atoms. The number of nitrogens with one attached hydrogen (secondary N) is 1. The molecule has 0 aliphatic rings. The second-order valence-corrected chi connectivity index (χ2v) is 4.41. The van der Waals surface area contributed by atoms with Gasteiger partial charge in [0.1, 0.15) is 0 Å². The Hall–Kier alpha value is -1.37. The van der Waals surface area contributed by atoms with Crippen molar-refractivity contribution in [3.05, 3.63) is 28.7 Å². The van der Waals surface area contributed by atoms with Gasteiger partial charge in [-0.1, -0.05) is 12.1 Å². The number of hydrogen-bond acceptors (Lipinski definition) is 2. The minimum absolute atomic E-state index is 0.179. The van der Waals surface area contributed by atoms with Crippen molar-refractivity contribution in [3.63, 3.8) is 0 Å². The Kier molecular flexibility index (Phi) is 4.50. The number of hydrogen-bond donors (Lipinski definition) is 1. The molecular weight excluding hydrogens is 315 g/mol. The highest BCUT2D eigenvalue weighted by Crippen LogP contribution is 2.29. The van der Waals surface area contributed by atoms with Gasteiger partial charge in [-0.15, -0.1) is 0 Å². The van der Waals surface area contributed by atoms with Crippen molar-refractivity contribution >= 4 is 33.3 Å². The zero-order chi connectivity index (χ0) is 13.9. The van der Waals surface area contributed by atoms with E-state index in [0.717, 1.165) is 6.92 Å². The van der Waals surface area contributed by atoms with E-state index in [-0.39, 0.29) is 5.69 Å². The molecule has 98 valence electrons. The summed E-state index contributed by atoms with van der Waals surface area (Å²) in [7, 11) is 0. The van der Waals surface area contributed by atoms with Gasteiger partial charge in [0.2, 0.25) is 5.91 Å². The topological polar surface area (TPSA) is 46.2 Å². The van der Waals surface area contributed by atoms with E-state index in [2.05, 4.69) is 21.2 Å². The summed E-state index contributed by atoms with van der Waals surface area (Å²) in [5.74, 6) is -5.28. The maximum absolute atomic E-state index is 12.5. The summed E-state index contributed by atoms with van der Waals surface area (Å²) in [5.41, 5.74) is 0.179. The first-order valence-corrected chi connectivity index (χ1v) is 5.65. The molecule has 0 radical (unpaired) electrons. The third-order valence-corrected chi connectivity index (χ3v) is 2.82. The first-order chi connectivity index (χ1) is 8.23. The van der Waals surface area contributed by atoms with Crippen LogP contribution in [0, 0.1) is 5.92 Å². The molecule has 0 saturated heterocycles. The van der Waals surface area contributed by atoms with Gasteiger partial charge in [-0.2, -0.15) is 13.2 Å². The van der Waals surface area contributed by atoms with Gasteiger partial charge in [0.25, 0.3) is 0 Å². The number of alkyl halides is 3. The lowest BCUT2D eigenvalue weighted by Gasteiger charge is -2.17. The van der Waals surface area contributed by atoms with Gasteiger partial charge in [-0.25, -0.2) is 0 Å². The van der Waals surface area contributed by atoms with E-state index in [1.807, 2.05) is 0 Å². The molecule has 1 atom stereocenters. The number of rotatable bonds is 3. The van der Waals surface area contributed by atoms with Gasteiger partial charge in [0.15, 0.2) is 11.7 Å². The van der Waals surface area contributed by atoms with E-state index in [4.69, 9.17) is 0 Å². The van der Waals surface area contributed by atoms with Crippen molar-refractivity contribution in [2.24, 2.45) is 5.92 Å². The van der Waals surface area contributed by atoms with E-state index < -0.39 is 23.8 Å². The summed E-state index contributed by atoms with van der Waals surface area (Å²) < 4.78 is 38.0. The number of ketones is 1. The van der Waals surface area contributed by atoms with E-state index in [1.54, 1.807) is 18.2 Å². The Morgan fingerprint density at radius 3 is 2.28 bits per heavy atom. The predicted octanol–water partition coefficient (Wildman–Crippen LogP) is 3.16. The Labute approximate surface area is 109 Å². The number of amides is 1. The summed E-state index contributed by atoms with van der Waals surface area (Å²) in [6.45, 7) is 0.734. The van der Waals surface area contributed by atoms with Gasteiger partial charge in [0, 0.05) is 4.47 Å². The number of halogens is 4. The third kappa shape index (κ3) is 3.56. The fourth-order valence-corrected chi connectivity index (χ4v) is 1.72. The molecule has 0 aromatic heterocycles. The van der Waals surface area contributed by atoms with Crippen molar-refractivity contribution in [1.29, 1.82) is 0 Å². The van der Waals surface area contributed by atoms with Crippen LogP contribution in [0.4, 0.5) is 18.9 Å². The van der Waals surface area contributed by atoms with Crippen LogP contribution in [0.5, 0.6) is 0 Å². The molecule has 1 N–H and O–H groups in total. The van der Waals surface area contributed by atoms with Gasteiger partial charge in [-0.05, 0) is 35.0 Å². The molecule has 7 heteroatoms. The number of para-hydroxylation sites is 1. The molecule has 0 heterocycles. The fourth-order valence-electron chi connectivity index (χ4n) is 1.33. The van der Waals surface area contributed by atoms with Crippen LogP contribution >= 0.6 is 15.9 Å². The van der Waals surface area contributed by atoms with Crippen molar-refractivity contribution in [3.8, 4) is 0 Å². The van der Waals surface area contributed by atoms with Crippen LogP contribution in [0.1, 0.15) is 6.92 Å². The van der Waals surface area contributed by atoms with E-state index in [9.17, 15) is 22.8 Å². The standard InChI is InChI=1S/C11H9BrF3NO2/c1-6(17)9(11(13,14)15)10(18)16-8-5-3-2-4-7(8)12/h2-5,9H,1H3,(H,16,18). The zero-order valence-electron chi connectivity index (χ0n) is 9.22. The molecule has 1 rings (SSSR count). The van der Waals surface area contributed by atoms with Crippen molar-refractivity contribution < 1.29 is 22.8 Å². The smallest absolute Gasteiger partial charge is 0.324 e. The maximum atomic E-state index is 12.5. The number of anilines is 1. The Bertz CT molecular complexity index is 474. The monoisotopic (exact) mass is 323 g/mol. The first kappa shape index (κ1) is 14.7. The lowest BCUT2D eigenvalue weighted by Crippen LogP contribution is -2.39. The average Bonchev–Trinajstić information content (AvgIpc) is 2.18. The van der Waals surface area contributed by atoms with Crippen molar-refractivity contribution in [2.75, 3.05) is 5.32 Å². The van der Waals surface area contributed by atoms with E-state index >= 15 is 0 Å². The second-order valence-electron chi connectivity index (χ2n) is 3.55. The molecule has 18 heavy (non-hydrogen) atoms. The highest BCUT2D eigenvalue weighted by atomic mass is 79.9. The highest BCUT2D eigenvalue weighted by molar-refractivity contribution is 9.10. The molecule has 0 fully saturated rings. The number of Topliss-reactive ketones (excluding diaryl/α,β-unsaturated/α-hetero) is 1. The van der Waals surface area contributed by atoms with Gasteiger partial charge < -0.3 is 5.32 Å². The van der Waals surface area contributed by atoms with Crippen LogP contribution in [0.15, 0.2) is 28.7 Å². The molecule has 0 aliphatic heterocycles. The SMILES string of the molecule is CC(=O)C(C(=O)Nc1ccccc1Br)C(F)(F)F. The fraction of sp³-hybridized carbons (Fsp3) is 0.273. The summed E-state index contributed by atoms with van der Waals surface area (Å²) in [6, 6.07) is 6.18. The molecular formula is C11H9BrF3NO2. The minimum atomic E-state index is -4.89. The maximum Gasteiger partial charge on any atom is 0.407 e. The molecule has 3 nitrogen and oxygen atoms in total. The Balaban J connectivity index is 2.94. The van der Waals surface area contributed by atoms with Crippen LogP contribution in [0.2, 0.25) is 0 Å². The lowest BCUT2D eigenvalue weighted by atomic mass is 10.0. The summed E-state index contributed by atoms with van der Waals surface area (Å²) >= 11 is 3.08.